The van der Waals surface area contributed by atoms with Crippen LogP contribution in [0.3, 0.4) is 0 Å². The minimum Gasteiger partial charge on any atom is -0.495 e. The Labute approximate surface area is 167 Å². The lowest BCUT2D eigenvalue weighted by molar-refractivity contribution is -0.122. The fourth-order valence-corrected chi connectivity index (χ4v) is 3.41. The molecule has 2 aromatic rings. The number of hydrogen-bond donors (Lipinski definition) is 1. The highest BCUT2D eigenvalue weighted by molar-refractivity contribution is 5.78. The van der Waals surface area contributed by atoms with E-state index in [1.165, 1.54) is 0 Å². The van der Waals surface area contributed by atoms with E-state index in [2.05, 4.69) is 50.3 Å². The average Bonchev–Trinajstić information content (AvgIpc) is 2.73. The summed E-state index contributed by atoms with van der Waals surface area (Å²) in [6.45, 7) is 4.51. The highest BCUT2D eigenvalue weighted by Gasteiger charge is 2.20. The molecule has 1 aliphatic rings. The zero-order valence-corrected chi connectivity index (χ0v) is 17.0. The van der Waals surface area contributed by atoms with Crippen LogP contribution in [0.25, 0.3) is 0 Å². The van der Waals surface area contributed by atoms with Crippen molar-refractivity contribution in [2.45, 2.75) is 6.54 Å². The van der Waals surface area contributed by atoms with Gasteiger partial charge in [-0.15, -0.1) is 0 Å². The van der Waals surface area contributed by atoms with Crippen molar-refractivity contribution in [2.24, 2.45) is 0 Å². The minimum atomic E-state index is 0.0717. The molecule has 1 fully saturated rings. The SMILES string of the molecule is COc1ccccc1N1CCN(CC(=O)NCc2ccc(N(C)C)cc2)CC1. The molecule has 150 valence electrons. The maximum Gasteiger partial charge on any atom is 0.234 e. The van der Waals surface area contributed by atoms with Gasteiger partial charge >= 0.3 is 0 Å². The number of piperazine rings is 1. The third-order valence-electron chi connectivity index (χ3n) is 5.11. The molecule has 1 N–H and O–H groups in total. The van der Waals surface area contributed by atoms with Crippen LogP contribution in [0.15, 0.2) is 48.5 Å². The minimum absolute atomic E-state index is 0.0717. The Balaban J connectivity index is 1.43. The second-order valence-electron chi connectivity index (χ2n) is 7.27. The van der Waals surface area contributed by atoms with Gasteiger partial charge in [0.2, 0.25) is 5.91 Å². The fraction of sp³-hybridized carbons (Fsp3) is 0.409. The van der Waals surface area contributed by atoms with Gasteiger partial charge in [-0.05, 0) is 29.8 Å². The van der Waals surface area contributed by atoms with Crippen LogP contribution in [0.5, 0.6) is 5.75 Å². The third kappa shape index (κ3) is 5.16. The maximum atomic E-state index is 12.3. The quantitative estimate of drug-likeness (QED) is 0.796. The zero-order valence-electron chi connectivity index (χ0n) is 17.0. The van der Waals surface area contributed by atoms with Crippen LogP contribution >= 0.6 is 0 Å². The second kappa shape index (κ2) is 9.46. The largest absolute Gasteiger partial charge is 0.495 e. The summed E-state index contributed by atoms with van der Waals surface area (Å²) in [5.41, 5.74) is 3.39. The smallest absolute Gasteiger partial charge is 0.234 e. The summed E-state index contributed by atoms with van der Waals surface area (Å²) in [4.78, 5) is 18.9. The maximum absolute atomic E-state index is 12.3. The molecule has 0 atom stereocenters. The Bertz CT molecular complexity index is 768. The number of amides is 1. The van der Waals surface area contributed by atoms with Crippen LogP contribution in [0.1, 0.15) is 5.56 Å². The summed E-state index contributed by atoms with van der Waals surface area (Å²) in [6.07, 6.45) is 0. The molecule has 0 unspecified atom stereocenters. The van der Waals surface area contributed by atoms with Crippen LogP contribution in [0.4, 0.5) is 11.4 Å². The predicted molar refractivity (Wildman–Crippen MR) is 114 cm³/mol. The van der Waals surface area contributed by atoms with Gasteiger partial charge in [-0.2, -0.15) is 0 Å². The van der Waals surface area contributed by atoms with E-state index in [0.717, 1.165) is 48.9 Å². The van der Waals surface area contributed by atoms with E-state index in [0.29, 0.717) is 13.1 Å². The van der Waals surface area contributed by atoms with Gasteiger partial charge in [0, 0.05) is 52.5 Å². The molecule has 1 aliphatic heterocycles. The molecular formula is C22H30N4O2. The highest BCUT2D eigenvalue weighted by Crippen LogP contribution is 2.28. The van der Waals surface area contributed by atoms with E-state index in [9.17, 15) is 4.79 Å². The Morgan fingerprint density at radius 1 is 1.04 bits per heavy atom. The van der Waals surface area contributed by atoms with E-state index >= 15 is 0 Å². The lowest BCUT2D eigenvalue weighted by atomic mass is 10.2. The normalized spacial score (nSPS) is 14.6. The van der Waals surface area contributed by atoms with Gasteiger partial charge in [0.25, 0.3) is 0 Å². The van der Waals surface area contributed by atoms with Crippen molar-refractivity contribution < 1.29 is 9.53 Å². The molecule has 6 heteroatoms. The number of benzene rings is 2. The van der Waals surface area contributed by atoms with Crippen molar-refractivity contribution in [3.63, 3.8) is 0 Å². The number of nitrogens with one attached hydrogen (secondary N) is 1. The molecule has 1 saturated heterocycles. The first-order valence-electron chi connectivity index (χ1n) is 9.70. The lowest BCUT2D eigenvalue weighted by Gasteiger charge is -2.36. The van der Waals surface area contributed by atoms with E-state index in [1.807, 2.05) is 32.3 Å². The molecule has 0 aromatic heterocycles. The van der Waals surface area contributed by atoms with Crippen LogP contribution < -0.4 is 19.9 Å². The van der Waals surface area contributed by atoms with Crippen LogP contribution in [-0.4, -0.2) is 64.7 Å². The molecule has 2 aromatic carbocycles. The monoisotopic (exact) mass is 382 g/mol. The summed E-state index contributed by atoms with van der Waals surface area (Å²) in [7, 11) is 5.74. The first-order valence-corrected chi connectivity index (χ1v) is 9.70. The molecular weight excluding hydrogens is 352 g/mol. The number of para-hydroxylation sites is 2. The van der Waals surface area contributed by atoms with Gasteiger partial charge in [0.05, 0.1) is 19.3 Å². The van der Waals surface area contributed by atoms with Crippen LogP contribution in [0, 0.1) is 0 Å². The van der Waals surface area contributed by atoms with Gasteiger partial charge in [0.15, 0.2) is 0 Å². The van der Waals surface area contributed by atoms with E-state index in [1.54, 1.807) is 7.11 Å². The number of hydrogen-bond acceptors (Lipinski definition) is 5. The van der Waals surface area contributed by atoms with Crippen molar-refractivity contribution in [3.8, 4) is 5.75 Å². The zero-order chi connectivity index (χ0) is 19.9. The fourth-order valence-electron chi connectivity index (χ4n) is 3.41. The van der Waals surface area contributed by atoms with Gasteiger partial charge in [-0.1, -0.05) is 24.3 Å². The topological polar surface area (TPSA) is 48.1 Å². The predicted octanol–water partition coefficient (Wildman–Crippen LogP) is 2.20. The molecule has 0 saturated carbocycles. The van der Waals surface area contributed by atoms with Crippen LogP contribution in [0.2, 0.25) is 0 Å². The number of carbonyl (C=O) groups is 1. The van der Waals surface area contributed by atoms with Gasteiger partial charge in [-0.3, -0.25) is 9.69 Å². The Hall–Kier alpha value is -2.73. The van der Waals surface area contributed by atoms with Gasteiger partial charge in [-0.25, -0.2) is 0 Å². The molecule has 3 rings (SSSR count). The summed E-state index contributed by atoms with van der Waals surface area (Å²) in [5.74, 6) is 0.969. The standard InChI is InChI=1S/C22H30N4O2/c1-24(2)19-10-8-18(9-11-19)16-23-22(27)17-25-12-14-26(15-13-25)20-6-4-5-7-21(20)28-3/h4-11H,12-17H2,1-3H3,(H,23,27). The first kappa shape index (κ1) is 20.0. The third-order valence-corrected chi connectivity index (χ3v) is 5.11. The molecule has 0 aliphatic carbocycles. The number of carbonyl (C=O) groups excluding carboxylic acids is 1. The summed E-state index contributed by atoms with van der Waals surface area (Å²) < 4.78 is 5.46. The Morgan fingerprint density at radius 2 is 1.71 bits per heavy atom. The number of ether oxygens (including phenoxy) is 1. The molecule has 0 radical (unpaired) electrons. The Morgan fingerprint density at radius 3 is 2.36 bits per heavy atom. The van der Waals surface area contributed by atoms with E-state index in [4.69, 9.17) is 4.74 Å². The molecule has 1 heterocycles. The molecule has 6 nitrogen and oxygen atoms in total. The second-order valence-corrected chi connectivity index (χ2v) is 7.27. The van der Waals surface area contributed by atoms with E-state index < -0.39 is 0 Å². The van der Waals surface area contributed by atoms with Crippen molar-refractivity contribution in [1.82, 2.24) is 10.2 Å². The summed E-state index contributed by atoms with van der Waals surface area (Å²) >= 11 is 0. The van der Waals surface area contributed by atoms with Gasteiger partial charge < -0.3 is 19.9 Å². The van der Waals surface area contributed by atoms with Crippen LogP contribution in [-0.2, 0) is 11.3 Å². The first-order chi connectivity index (χ1) is 13.6. The van der Waals surface area contributed by atoms with Crippen molar-refractivity contribution in [2.75, 3.05) is 63.7 Å². The van der Waals surface area contributed by atoms with Crippen molar-refractivity contribution in [1.29, 1.82) is 0 Å². The summed E-state index contributed by atoms with van der Waals surface area (Å²) in [5, 5.41) is 3.03. The molecule has 1 amide bonds. The highest BCUT2D eigenvalue weighted by atomic mass is 16.5. The Kier molecular flexibility index (Phi) is 6.76. The lowest BCUT2D eigenvalue weighted by Crippen LogP contribution is -2.49. The number of rotatable bonds is 7. The number of methoxy groups -OCH3 is 1. The molecule has 0 spiro atoms. The van der Waals surface area contributed by atoms with Crippen molar-refractivity contribution in [3.05, 3.63) is 54.1 Å². The van der Waals surface area contributed by atoms with Gasteiger partial charge in [0.1, 0.15) is 5.75 Å². The summed E-state index contributed by atoms with van der Waals surface area (Å²) in [6, 6.07) is 16.3. The molecule has 0 bridgehead atoms. The average molecular weight is 383 g/mol. The van der Waals surface area contributed by atoms with E-state index in [-0.39, 0.29) is 5.91 Å². The molecule has 28 heavy (non-hydrogen) atoms. The number of anilines is 2. The van der Waals surface area contributed by atoms with Crippen molar-refractivity contribution >= 4 is 17.3 Å². The number of nitrogens with zero attached hydrogens (tertiary/aromatic N) is 3.